The normalized spacial score (nSPS) is 13.9. The number of thioether (sulfide) groups is 1. The lowest BCUT2D eigenvalue weighted by Crippen LogP contribution is -2.58. The molecule has 0 spiro atoms. The second kappa shape index (κ2) is 13.9. The minimum atomic E-state index is -1.76. The number of likely N-dealkylation sites (N-methyl/N-ethyl adjacent to an activating group) is 1. The fourth-order valence-electron chi connectivity index (χ4n) is 3.73. The molecule has 0 aliphatic carbocycles. The quantitative estimate of drug-likeness (QED) is 0.212. The second-order valence-corrected chi connectivity index (χ2v) is 10.5. The highest BCUT2D eigenvalue weighted by Gasteiger charge is 2.40. The van der Waals surface area contributed by atoms with Gasteiger partial charge in [0.05, 0.1) is 5.92 Å². The van der Waals surface area contributed by atoms with Crippen molar-refractivity contribution in [2.75, 3.05) is 7.05 Å². The van der Waals surface area contributed by atoms with Gasteiger partial charge in [-0.3, -0.25) is 19.6 Å². The third-order valence-corrected chi connectivity index (χ3v) is 7.32. The lowest BCUT2D eigenvalue weighted by Gasteiger charge is -2.34. The summed E-state index contributed by atoms with van der Waals surface area (Å²) in [6.07, 6.45) is -0.404. The number of aliphatic hydroxyl groups excluding tert-OH is 1. The molecule has 0 bridgehead atoms. The molecule has 3 amide bonds. The summed E-state index contributed by atoms with van der Waals surface area (Å²) in [7, 11) is 1.49. The van der Waals surface area contributed by atoms with Gasteiger partial charge in [-0.05, 0) is 44.2 Å². The smallest absolute Gasteiger partial charge is 0.272 e. The van der Waals surface area contributed by atoms with Crippen LogP contribution in [0.1, 0.15) is 37.8 Å². The highest BCUT2D eigenvalue weighted by molar-refractivity contribution is 7.99. The number of benzene rings is 2. The first kappa shape index (κ1) is 28.4. The summed E-state index contributed by atoms with van der Waals surface area (Å²) in [6, 6.07) is 18.5. The van der Waals surface area contributed by atoms with Crippen molar-refractivity contribution < 1.29 is 24.7 Å². The zero-order valence-corrected chi connectivity index (χ0v) is 21.2. The summed E-state index contributed by atoms with van der Waals surface area (Å²) in [5.74, 6) is -2.59. The molecule has 3 unspecified atom stereocenters. The second-order valence-electron chi connectivity index (χ2n) is 8.84. The number of carbonyl (C=O) groups is 3. The molecule has 0 saturated carbocycles. The molecule has 35 heavy (non-hydrogen) atoms. The van der Waals surface area contributed by atoms with Gasteiger partial charge in [0.25, 0.3) is 5.91 Å². The number of aliphatic hydroxyl groups is 1. The zero-order valence-electron chi connectivity index (χ0n) is 20.4. The zero-order chi connectivity index (χ0) is 25.8. The van der Waals surface area contributed by atoms with Crippen molar-refractivity contribution in [3.8, 4) is 0 Å². The molecule has 3 atom stereocenters. The summed E-state index contributed by atoms with van der Waals surface area (Å²) >= 11 is 1.51. The molecule has 8 nitrogen and oxygen atoms in total. The predicted molar refractivity (Wildman–Crippen MR) is 137 cm³/mol. The Hall–Kier alpha value is -2.88. The van der Waals surface area contributed by atoms with Crippen LogP contribution in [0, 0.1) is 5.92 Å². The van der Waals surface area contributed by atoms with Crippen molar-refractivity contribution in [2.24, 2.45) is 5.92 Å². The van der Waals surface area contributed by atoms with E-state index in [0.717, 1.165) is 11.1 Å². The molecular formula is C26H35N3O5S. The van der Waals surface area contributed by atoms with Crippen LogP contribution < -0.4 is 16.1 Å². The van der Waals surface area contributed by atoms with E-state index in [-0.39, 0.29) is 12.3 Å². The van der Waals surface area contributed by atoms with Gasteiger partial charge in [-0.15, -0.1) is 11.8 Å². The molecule has 0 aromatic heterocycles. The van der Waals surface area contributed by atoms with E-state index in [1.54, 1.807) is 0 Å². The molecule has 0 heterocycles. The van der Waals surface area contributed by atoms with Gasteiger partial charge in [-0.1, -0.05) is 60.7 Å². The Morgan fingerprint density at radius 3 is 2.03 bits per heavy atom. The Morgan fingerprint density at radius 1 is 0.914 bits per heavy atom. The molecule has 2 aromatic carbocycles. The van der Waals surface area contributed by atoms with Crippen LogP contribution in [-0.2, 0) is 26.6 Å². The van der Waals surface area contributed by atoms with Crippen LogP contribution in [0.4, 0.5) is 0 Å². The van der Waals surface area contributed by atoms with Gasteiger partial charge in [0.15, 0.2) is 0 Å². The Bertz CT molecular complexity index is 956. The lowest BCUT2D eigenvalue weighted by atomic mass is 9.92. The van der Waals surface area contributed by atoms with Gasteiger partial charge in [0.1, 0.15) is 12.1 Å². The topological polar surface area (TPSA) is 128 Å². The molecule has 0 aliphatic heterocycles. The van der Waals surface area contributed by atoms with Gasteiger partial charge >= 0.3 is 0 Å². The Balaban J connectivity index is 2.15. The Kier molecular flexibility index (Phi) is 11.2. The maximum atomic E-state index is 13.3. The lowest BCUT2D eigenvalue weighted by molar-refractivity contribution is -0.147. The number of carbonyl (C=O) groups excluding carboxylic acids is 3. The van der Waals surface area contributed by atoms with Crippen molar-refractivity contribution in [2.45, 2.75) is 55.8 Å². The van der Waals surface area contributed by atoms with Crippen LogP contribution in [0.2, 0.25) is 0 Å². The minimum Gasteiger partial charge on any atom is -0.382 e. The third-order valence-electron chi connectivity index (χ3n) is 5.86. The highest BCUT2D eigenvalue weighted by Crippen LogP contribution is 2.32. The first-order chi connectivity index (χ1) is 16.7. The van der Waals surface area contributed by atoms with Crippen LogP contribution in [0.25, 0.3) is 0 Å². The fourth-order valence-corrected chi connectivity index (χ4v) is 4.79. The molecular weight excluding hydrogens is 466 g/mol. The fraction of sp³-hybridized carbons (Fsp3) is 0.423. The molecule has 2 aromatic rings. The van der Waals surface area contributed by atoms with Crippen LogP contribution in [0.5, 0.6) is 0 Å². The molecule has 0 fully saturated rings. The van der Waals surface area contributed by atoms with E-state index < -0.39 is 34.6 Å². The average molecular weight is 502 g/mol. The monoisotopic (exact) mass is 501 g/mol. The number of hydrogen-bond acceptors (Lipinski definition) is 6. The number of nitrogens with one attached hydrogen (secondary N) is 3. The Labute approximate surface area is 210 Å². The van der Waals surface area contributed by atoms with Crippen LogP contribution >= 0.6 is 11.8 Å². The first-order valence-corrected chi connectivity index (χ1v) is 12.5. The average Bonchev–Trinajstić information content (AvgIpc) is 2.88. The van der Waals surface area contributed by atoms with Gasteiger partial charge in [0.2, 0.25) is 11.8 Å². The Morgan fingerprint density at radius 2 is 1.49 bits per heavy atom. The van der Waals surface area contributed by atoms with Crippen molar-refractivity contribution in [1.29, 1.82) is 0 Å². The number of amides is 3. The highest BCUT2D eigenvalue weighted by atomic mass is 32.2. The molecule has 0 aliphatic rings. The van der Waals surface area contributed by atoms with E-state index in [0.29, 0.717) is 18.6 Å². The van der Waals surface area contributed by atoms with Crippen LogP contribution in [0.3, 0.4) is 0 Å². The van der Waals surface area contributed by atoms with Crippen molar-refractivity contribution >= 4 is 29.5 Å². The van der Waals surface area contributed by atoms with Crippen molar-refractivity contribution in [3.05, 3.63) is 71.8 Å². The van der Waals surface area contributed by atoms with Gasteiger partial charge in [0, 0.05) is 17.5 Å². The molecule has 2 rings (SSSR count). The summed E-state index contributed by atoms with van der Waals surface area (Å²) in [4.78, 5) is 38.0. The molecule has 0 radical (unpaired) electrons. The largest absolute Gasteiger partial charge is 0.382 e. The van der Waals surface area contributed by atoms with Crippen molar-refractivity contribution in [3.63, 3.8) is 0 Å². The maximum Gasteiger partial charge on any atom is 0.272 e. The minimum absolute atomic E-state index is 0.188. The summed E-state index contributed by atoms with van der Waals surface area (Å²) < 4.78 is -0.704. The molecule has 9 heteroatoms. The van der Waals surface area contributed by atoms with Gasteiger partial charge in [-0.2, -0.15) is 0 Å². The van der Waals surface area contributed by atoms with E-state index >= 15 is 0 Å². The number of hydroxylamine groups is 1. The third kappa shape index (κ3) is 8.69. The number of aryl methyl sites for hydroxylation is 1. The molecule has 0 saturated heterocycles. The van der Waals surface area contributed by atoms with Crippen LogP contribution in [0.15, 0.2) is 60.7 Å². The SMILES string of the molecule is CNC(=O)C(NC(=O)C(CCCc1ccccc1)C(O)C(=O)NO)C(C)(C)SCc1ccccc1. The molecule has 190 valence electrons. The van der Waals surface area contributed by atoms with Gasteiger partial charge < -0.3 is 15.7 Å². The van der Waals surface area contributed by atoms with E-state index in [1.165, 1.54) is 24.3 Å². The first-order valence-electron chi connectivity index (χ1n) is 11.6. The predicted octanol–water partition coefficient (Wildman–Crippen LogP) is 2.43. The molecule has 5 N–H and O–H groups in total. The van der Waals surface area contributed by atoms with Gasteiger partial charge in [-0.25, -0.2) is 5.48 Å². The van der Waals surface area contributed by atoms with E-state index in [2.05, 4.69) is 10.6 Å². The van der Waals surface area contributed by atoms with E-state index in [9.17, 15) is 19.5 Å². The standard InChI is InChI=1S/C26H35N3O5S/c1-26(2,35-17-19-13-8-5-9-14-19)22(25(33)27-3)28-23(31)20(21(30)24(32)29-34)16-10-15-18-11-6-4-7-12-18/h4-9,11-14,20-22,30,34H,10,15-17H2,1-3H3,(H,27,33)(H,28,31)(H,29,32). The van der Waals surface area contributed by atoms with Crippen LogP contribution in [-0.4, -0.2) is 52.0 Å². The van der Waals surface area contributed by atoms with E-state index in [1.807, 2.05) is 74.5 Å². The summed E-state index contributed by atoms with van der Waals surface area (Å²) in [5.41, 5.74) is 3.56. The van der Waals surface area contributed by atoms with E-state index in [4.69, 9.17) is 5.21 Å². The summed E-state index contributed by atoms with van der Waals surface area (Å²) in [5, 5.41) is 24.8. The van der Waals surface area contributed by atoms with Crippen molar-refractivity contribution in [1.82, 2.24) is 16.1 Å². The number of rotatable bonds is 13. The maximum absolute atomic E-state index is 13.3. The number of hydrogen-bond donors (Lipinski definition) is 5. The summed E-state index contributed by atoms with van der Waals surface area (Å²) in [6.45, 7) is 3.73.